The highest BCUT2D eigenvalue weighted by Crippen LogP contribution is 2.19. The van der Waals surface area contributed by atoms with E-state index < -0.39 is 22.6 Å². The van der Waals surface area contributed by atoms with E-state index in [4.69, 9.17) is 9.62 Å². The lowest BCUT2D eigenvalue weighted by molar-refractivity contribution is -0.991. The molecule has 0 bridgehead atoms. The van der Waals surface area contributed by atoms with Gasteiger partial charge in [0.05, 0.1) is 12.1 Å². The van der Waals surface area contributed by atoms with Crippen LogP contribution in [0.5, 0.6) is 0 Å². The van der Waals surface area contributed by atoms with Crippen LogP contribution in [0.1, 0.15) is 26.3 Å². The van der Waals surface area contributed by atoms with Gasteiger partial charge in [-0.1, -0.05) is 0 Å². The van der Waals surface area contributed by atoms with E-state index in [0.717, 1.165) is 4.57 Å². The summed E-state index contributed by atoms with van der Waals surface area (Å²) in [6, 6.07) is 14.8. The van der Waals surface area contributed by atoms with E-state index in [1.54, 1.807) is 0 Å². The van der Waals surface area contributed by atoms with Gasteiger partial charge in [-0.3, -0.25) is 14.2 Å². The predicted octanol–water partition coefficient (Wildman–Crippen LogP) is 2.25. The highest BCUT2D eigenvalue weighted by atomic mass is 19.1. The van der Waals surface area contributed by atoms with Crippen LogP contribution in [-0.4, -0.2) is 21.3 Å². The number of rotatable bonds is 6. The van der Waals surface area contributed by atoms with Crippen molar-refractivity contribution < 1.29 is 28.8 Å². The number of hydrogen-bond acceptors (Lipinski definition) is 6. The second-order valence-corrected chi connectivity index (χ2v) is 6.78. The fourth-order valence-electron chi connectivity index (χ4n) is 3.15. The van der Waals surface area contributed by atoms with Gasteiger partial charge in [0.25, 0.3) is 0 Å². The van der Waals surface area contributed by atoms with Crippen LogP contribution in [0.25, 0.3) is 11.1 Å². The first-order valence-electron chi connectivity index (χ1n) is 9.14. The van der Waals surface area contributed by atoms with Gasteiger partial charge in [0.2, 0.25) is 0 Å². The molecule has 0 radical (unpaired) electrons. The van der Waals surface area contributed by atoms with E-state index in [0.29, 0.717) is 0 Å². The number of hydrogen-bond donors (Lipinski definition) is 2. The Hall–Kier alpha value is -3.92. The second-order valence-electron chi connectivity index (χ2n) is 6.78. The Morgan fingerprint density at radius 1 is 0.968 bits per heavy atom. The van der Waals surface area contributed by atoms with Crippen LogP contribution in [-0.2, 0) is 6.54 Å². The fraction of sp³-hybridized carbons (Fsp3) is 0.0455. The van der Waals surface area contributed by atoms with Crippen LogP contribution < -0.4 is 11.0 Å². The van der Waals surface area contributed by atoms with Crippen molar-refractivity contribution in [3.8, 4) is 0 Å². The second kappa shape index (κ2) is 8.07. The fourth-order valence-corrected chi connectivity index (χ4v) is 3.15. The van der Waals surface area contributed by atoms with Crippen LogP contribution in [0.3, 0.4) is 0 Å². The zero-order valence-corrected chi connectivity index (χ0v) is 15.9. The summed E-state index contributed by atoms with van der Waals surface area (Å²) in [5.74, 6) is -2.04. The Balaban J connectivity index is 1.66. The molecule has 0 amide bonds. The van der Waals surface area contributed by atoms with Crippen molar-refractivity contribution in [1.29, 1.82) is 0 Å². The predicted molar refractivity (Wildman–Crippen MR) is 107 cm³/mol. The van der Waals surface area contributed by atoms with Crippen molar-refractivity contribution >= 4 is 28.4 Å². The molecular weight excluding hydrogens is 407 g/mol. The van der Waals surface area contributed by atoms with E-state index >= 15 is 0 Å². The number of halogens is 1. The van der Waals surface area contributed by atoms with E-state index in [1.807, 2.05) is 0 Å². The van der Waals surface area contributed by atoms with Gasteiger partial charge < -0.3 is 9.62 Å². The van der Waals surface area contributed by atoms with Crippen molar-refractivity contribution in [2.24, 2.45) is 0 Å². The molecule has 4 rings (SSSR count). The average Bonchev–Trinajstić information content (AvgIpc) is 3.08. The maximum atomic E-state index is 13.1. The number of carbonyl (C=O) groups excluding carboxylic acids is 2. The quantitative estimate of drug-likeness (QED) is 0.364. The Kier molecular flexibility index (Phi) is 5.30. The van der Waals surface area contributed by atoms with Crippen LogP contribution >= 0.6 is 0 Å². The third-order valence-electron chi connectivity index (χ3n) is 4.79. The molecule has 0 spiro atoms. The highest BCUT2D eigenvalue weighted by Gasteiger charge is 2.17. The molecule has 0 fully saturated rings. The lowest BCUT2D eigenvalue weighted by Gasteiger charge is -2.11. The summed E-state index contributed by atoms with van der Waals surface area (Å²) in [5.41, 5.74) is 1.24. The first kappa shape index (κ1) is 20.4. The van der Waals surface area contributed by atoms with Crippen molar-refractivity contribution in [2.75, 3.05) is 0 Å². The first-order valence-corrected chi connectivity index (χ1v) is 9.14. The number of ketones is 2. The highest BCUT2D eigenvalue weighted by molar-refractivity contribution is 6.10. The zero-order valence-electron chi connectivity index (χ0n) is 15.9. The van der Waals surface area contributed by atoms with Gasteiger partial charge in [-0.2, -0.15) is 5.23 Å². The van der Waals surface area contributed by atoms with Gasteiger partial charge in [-0.15, -0.1) is 0 Å². The SMILES string of the molecule is O=C(Cn1c(=O)oc2ccc(C(=O)c3ccc(F)cc3)cc21)c1ccc([NH+]([O-])O)cc1. The van der Waals surface area contributed by atoms with Gasteiger partial charge in [0.1, 0.15) is 5.82 Å². The summed E-state index contributed by atoms with van der Waals surface area (Å²) in [5, 5.41) is 18.8. The van der Waals surface area contributed by atoms with Gasteiger partial charge in [0, 0.05) is 28.8 Å². The molecule has 0 aliphatic heterocycles. The maximum absolute atomic E-state index is 13.1. The Morgan fingerprint density at radius 3 is 2.23 bits per heavy atom. The van der Waals surface area contributed by atoms with Crippen molar-refractivity contribution in [3.05, 3.63) is 105 Å². The topological polar surface area (TPSA) is 117 Å². The molecular formula is C22H15FN2O6. The summed E-state index contributed by atoms with van der Waals surface area (Å²) >= 11 is 0. The Labute approximate surface area is 173 Å². The van der Waals surface area contributed by atoms with Gasteiger partial charge >= 0.3 is 5.76 Å². The third-order valence-corrected chi connectivity index (χ3v) is 4.79. The monoisotopic (exact) mass is 422 g/mol. The number of Topliss-reactive ketones (excluding diaryl/α,β-unsaturated/α-hetero) is 1. The number of carbonyl (C=O) groups is 2. The van der Waals surface area contributed by atoms with E-state index in [2.05, 4.69) is 0 Å². The van der Waals surface area contributed by atoms with Gasteiger partial charge in [0.15, 0.2) is 22.8 Å². The van der Waals surface area contributed by atoms with Crippen molar-refractivity contribution in [1.82, 2.24) is 4.57 Å². The molecule has 0 saturated heterocycles. The number of aromatic nitrogens is 1. The molecule has 2 N–H and O–H groups in total. The molecule has 31 heavy (non-hydrogen) atoms. The molecule has 1 atom stereocenters. The standard InChI is InChI=1S/C22H15FN2O6/c23-16-6-1-14(2-7-16)21(27)15-5-10-20-18(11-15)24(22(28)31-20)12-19(26)13-3-8-17(9-4-13)25(29)30/h1-11,25,29H,12H2. The van der Waals surface area contributed by atoms with Crippen LogP contribution in [0.4, 0.5) is 10.1 Å². The average molecular weight is 422 g/mol. The minimum absolute atomic E-state index is 0.0337. The minimum Gasteiger partial charge on any atom is -0.595 e. The maximum Gasteiger partial charge on any atom is 0.420 e. The molecule has 156 valence electrons. The van der Waals surface area contributed by atoms with E-state index in [-0.39, 0.29) is 45.8 Å². The lowest BCUT2D eigenvalue weighted by Crippen LogP contribution is -2.99. The zero-order chi connectivity index (χ0) is 22.1. The molecule has 0 saturated carbocycles. The van der Waals surface area contributed by atoms with E-state index in [1.165, 1.54) is 66.7 Å². The number of oxazole rings is 1. The summed E-state index contributed by atoms with van der Waals surface area (Å²) in [4.78, 5) is 37.6. The Bertz CT molecular complexity index is 1340. The molecule has 1 heterocycles. The summed E-state index contributed by atoms with van der Waals surface area (Å²) in [6.45, 7) is -0.355. The van der Waals surface area contributed by atoms with E-state index in [9.17, 15) is 24.0 Å². The normalized spacial score (nSPS) is 12.1. The third kappa shape index (κ3) is 4.05. The molecule has 8 nitrogen and oxygen atoms in total. The van der Waals surface area contributed by atoms with Crippen LogP contribution in [0.2, 0.25) is 0 Å². The lowest BCUT2D eigenvalue weighted by atomic mass is 10.0. The summed E-state index contributed by atoms with van der Waals surface area (Å²) in [6.07, 6.45) is 0. The summed E-state index contributed by atoms with van der Waals surface area (Å²) < 4.78 is 19.4. The van der Waals surface area contributed by atoms with Crippen molar-refractivity contribution in [2.45, 2.75) is 6.54 Å². The smallest absolute Gasteiger partial charge is 0.420 e. The van der Waals surface area contributed by atoms with Crippen LogP contribution in [0, 0.1) is 11.0 Å². The van der Waals surface area contributed by atoms with Crippen LogP contribution in [0.15, 0.2) is 75.9 Å². The molecule has 1 unspecified atom stereocenters. The van der Waals surface area contributed by atoms with Gasteiger partial charge in [-0.05, 0) is 54.6 Å². The molecule has 0 aliphatic rings. The van der Waals surface area contributed by atoms with Crippen molar-refractivity contribution in [3.63, 3.8) is 0 Å². The number of fused-ring (bicyclic) bond motifs is 1. The molecule has 0 aliphatic carbocycles. The summed E-state index contributed by atoms with van der Waals surface area (Å²) in [7, 11) is 0. The molecule has 9 heteroatoms. The van der Waals surface area contributed by atoms with Gasteiger partial charge in [-0.25, -0.2) is 14.4 Å². The number of quaternary nitrogens is 1. The molecule has 3 aromatic carbocycles. The minimum atomic E-state index is -1.12. The largest absolute Gasteiger partial charge is 0.595 e. The Morgan fingerprint density at radius 2 is 1.58 bits per heavy atom. The number of benzene rings is 3. The number of nitrogens with zero attached hydrogens (tertiary/aromatic N) is 1. The number of nitrogens with one attached hydrogen (secondary N) is 1. The molecule has 1 aromatic heterocycles. The first-order chi connectivity index (χ1) is 14.8. The molecule has 4 aromatic rings.